The molecule has 1 unspecified atom stereocenters. The summed E-state index contributed by atoms with van der Waals surface area (Å²) >= 11 is 5.71. The quantitative estimate of drug-likeness (QED) is 0.912. The second-order valence-electron chi connectivity index (χ2n) is 4.56. The molecule has 0 saturated carbocycles. The van der Waals surface area contributed by atoms with Gasteiger partial charge in [0.2, 0.25) is 0 Å². The zero-order chi connectivity index (χ0) is 13.6. The summed E-state index contributed by atoms with van der Waals surface area (Å²) in [5.74, 6) is 1.19. The van der Waals surface area contributed by atoms with Crippen LogP contribution in [0.15, 0.2) is 22.6 Å². The van der Waals surface area contributed by atoms with Crippen molar-refractivity contribution in [1.82, 2.24) is 9.78 Å². The molecular formula is C11H12ClN3O3S. The number of sulfone groups is 1. The van der Waals surface area contributed by atoms with E-state index in [0.717, 1.165) is 0 Å². The average Bonchev–Trinajstić information content (AvgIpc) is 2.98. The van der Waals surface area contributed by atoms with E-state index in [1.54, 1.807) is 22.9 Å². The summed E-state index contributed by atoms with van der Waals surface area (Å²) in [6, 6.07) is 4.76. The van der Waals surface area contributed by atoms with Crippen LogP contribution in [0.5, 0.6) is 0 Å². The van der Waals surface area contributed by atoms with E-state index in [2.05, 4.69) is 5.10 Å². The molecule has 1 aliphatic rings. The van der Waals surface area contributed by atoms with Crippen LogP contribution in [0.2, 0.25) is 5.22 Å². The van der Waals surface area contributed by atoms with Gasteiger partial charge in [0.1, 0.15) is 11.5 Å². The fourth-order valence-electron chi connectivity index (χ4n) is 2.24. The van der Waals surface area contributed by atoms with E-state index in [4.69, 9.17) is 21.8 Å². The van der Waals surface area contributed by atoms with Gasteiger partial charge in [-0.25, -0.2) is 13.1 Å². The van der Waals surface area contributed by atoms with Gasteiger partial charge in [-0.2, -0.15) is 5.10 Å². The molecule has 2 aromatic heterocycles. The molecule has 102 valence electrons. The van der Waals surface area contributed by atoms with Crippen molar-refractivity contribution < 1.29 is 12.8 Å². The first-order valence-corrected chi connectivity index (χ1v) is 7.96. The fourth-order valence-corrected chi connectivity index (χ4v) is 4.08. The Kier molecular flexibility index (Phi) is 2.83. The Bertz CT molecular complexity index is 719. The normalized spacial score (nSPS) is 21.8. The van der Waals surface area contributed by atoms with Crippen molar-refractivity contribution >= 4 is 27.3 Å². The standard InChI is InChI=1S/C11H12ClN3O3S/c12-10-2-1-9(18-10)8-5-11(13)15(14-8)7-3-4-19(16,17)6-7/h1-2,5,7H,3-4,6,13H2. The topological polar surface area (TPSA) is 91.1 Å². The third-order valence-corrected chi connectivity index (χ3v) is 5.10. The molecule has 1 atom stereocenters. The molecule has 1 fully saturated rings. The van der Waals surface area contributed by atoms with Crippen molar-refractivity contribution in [1.29, 1.82) is 0 Å². The van der Waals surface area contributed by atoms with E-state index in [0.29, 0.717) is 23.7 Å². The van der Waals surface area contributed by atoms with Crippen LogP contribution >= 0.6 is 11.6 Å². The first-order chi connectivity index (χ1) is 8.94. The third-order valence-electron chi connectivity index (χ3n) is 3.14. The third kappa shape index (κ3) is 2.35. The van der Waals surface area contributed by atoms with Crippen LogP contribution in [0.25, 0.3) is 11.5 Å². The minimum absolute atomic E-state index is 0.0806. The fraction of sp³-hybridized carbons (Fsp3) is 0.364. The Labute approximate surface area is 115 Å². The van der Waals surface area contributed by atoms with E-state index in [9.17, 15) is 8.42 Å². The maximum absolute atomic E-state index is 11.5. The molecule has 8 heteroatoms. The maximum atomic E-state index is 11.5. The van der Waals surface area contributed by atoms with Crippen molar-refractivity contribution in [3.05, 3.63) is 23.4 Å². The number of nitrogens with zero attached hydrogens (tertiary/aromatic N) is 2. The first-order valence-electron chi connectivity index (χ1n) is 5.76. The van der Waals surface area contributed by atoms with Crippen LogP contribution in [0.4, 0.5) is 5.82 Å². The highest BCUT2D eigenvalue weighted by Crippen LogP contribution is 2.30. The van der Waals surface area contributed by atoms with Gasteiger partial charge in [0.25, 0.3) is 0 Å². The van der Waals surface area contributed by atoms with Crippen LogP contribution in [0.3, 0.4) is 0 Å². The molecule has 19 heavy (non-hydrogen) atoms. The van der Waals surface area contributed by atoms with Gasteiger partial charge in [-0.15, -0.1) is 0 Å². The number of aromatic nitrogens is 2. The zero-order valence-corrected chi connectivity index (χ0v) is 11.5. The van der Waals surface area contributed by atoms with E-state index in [1.807, 2.05) is 0 Å². The largest absolute Gasteiger partial charge is 0.443 e. The van der Waals surface area contributed by atoms with Gasteiger partial charge in [-0.3, -0.25) is 0 Å². The smallest absolute Gasteiger partial charge is 0.194 e. The molecule has 0 bridgehead atoms. The van der Waals surface area contributed by atoms with Gasteiger partial charge in [0.05, 0.1) is 17.5 Å². The second-order valence-corrected chi connectivity index (χ2v) is 7.16. The number of hydrogen-bond acceptors (Lipinski definition) is 5. The Morgan fingerprint density at radius 1 is 1.47 bits per heavy atom. The van der Waals surface area contributed by atoms with Crippen molar-refractivity contribution in [2.45, 2.75) is 12.5 Å². The molecule has 3 rings (SSSR count). The summed E-state index contributed by atoms with van der Waals surface area (Å²) < 4.78 is 29.8. The van der Waals surface area contributed by atoms with Gasteiger partial charge >= 0.3 is 0 Å². The van der Waals surface area contributed by atoms with E-state index in [-0.39, 0.29) is 22.8 Å². The van der Waals surface area contributed by atoms with Crippen molar-refractivity contribution in [3.8, 4) is 11.5 Å². The summed E-state index contributed by atoms with van der Waals surface area (Å²) in [7, 11) is -2.97. The Hall–Kier alpha value is -1.47. The number of halogens is 1. The monoisotopic (exact) mass is 301 g/mol. The Balaban J connectivity index is 1.94. The molecule has 0 aliphatic carbocycles. The van der Waals surface area contributed by atoms with E-state index in [1.165, 1.54) is 0 Å². The van der Waals surface area contributed by atoms with Gasteiger partial charge in [0, 0.05) is 6.07 Å². The molecule has 0 amide bonds. The first kappa shape index (κ1) is 12.6. The lowest BCUT2D eigenvalue weighted by Gasteiger charge is -2.09. The number of anilines is 1. The van der Waals surface area contributed by atoms with Crippen LogP contribution < -0.4 is 5.73 Å². The van der Waals surface area contributed by atoms with Gasteiger partial charge in [-0.05, 0) is 30.2 Å². The van der Waals surface area contributed by atoms with E-state index >= 15 is 0 Å². The molecule has 1 aliphatic heterocycles. The highest BCUT2D eigenvalue weighted by atomic mass is 35.5. The molecular weight excluding hydrogens is 290 g/mol. The van der Waals surface area contributed by atoms with E-state index < -0.39 is 9.84 Å². The molecule has 0 spiro atoms. The number of hydrogen-bond donors (Lipinski definition) is 1. The molecule has 2 aromatic rings. The van der Waals surface area contributed by atoms with Gasteiger partial charge < -0.3 is 10.2 Å². The second kappa shape index (κ2) is 4.28. The summed E-state index contributed by atoms with van der Waals surface area (Å²) in [5, 5.41) is 4.59. The zero-order valence-electron chi connectivity index (χ0n) is 9.91. The predicted molar refractivity (Wildman–Crippen MR) is 71.7 cm³/mol. The summed E-state index contributed by atoms with van der Waals surface area (Å²) in [6.07, 6.45) is 0.534. The highest BCUT2D eigenvalue weighted by molar-refractivity contribution is 7.91. The molecule has 6 nitrogen and oxygen atoms in total. The van der Waals surface area contributed by atoms with Crippen LogP contribution in [-0.4, -0.2) is 29.7 Å². The minimum atomic E-state index is -2.97. The molecule has 2 N–H and O–H groups in total. The Morgan fingerprint density at radius 3 is 2.84 bits per heavy atom. The molecule has 0 radical (unpaired) electrons. The van der Waals surface area contributed by atoms with Crippen molar-refractivity contribution in [3.63, 3.8) is 0 Å². The summed E-state index contributed by atoms with van der Waals surface area (Å²) in [4.78, 5) is 0. The minimum Gasteiger partial charge on any atom is -0.443 e. The lowest BCUT2D eigenvalue weighted by Crippen LogP contribution is -2.14. The number of nitrogen functional groups attached to an aromatic ring is 1. The maximum Gasteiger partial charge on any atom is 0.194 e. The van der Waals surface area contributed by atoms with Gasteiger partial charge in [-0.1, -0.05) is 0 Å². The lowest BCUT2D eigenvalue weighted by atomic mass is 10.3. The number of nitrogens with two attached hydrogens (primary N) is 1. The predicted octanol–water partition coefficient (Wildman–Crippen LogP) is 1.74. The SMILES string of the molecule is Nc1cc(-c2ccc(Cl)o2)nn1C1CCS(=O)(=O)C1. The Morgan fingerprint density at radius 2 is 2.26 bits per heavy atom. The average molecular weight is 302 g/mol. The van der Waals surface area contributed by atoms with Crippen molar-refractivity contribution in [2.75, 3.05) is 17.2 Å². The van der Waals surface area contributed by atoms with Gasteiger partial charge in [0.15, 0.2) is 20.8 Å². The van der Waals surface area contributed by atoms with Crippen LogP contribution in [0, 0.1) is 0 Å². The highest BCUT2D eigenvalue weighted by Gasteiger charge is 2.31. The molecule has 1 saturated heterocycles. The summed E-state index contributed by atoms with van der Waals surface area (Å²) in [6.45, 7) is 0. The molecule has 3 heterocycles. The number of rotatable bonds is 2. The van der Waals surface area contributed by atoms with Crippen LogP contribution in [-0.2, 0) is 9.84 Å². The molecule has 0 aromatic carbocycles. The number of furan rings is 1. The lowest BCUT2D eigenvalue weighted by molar-refractivity contribution is 0.504. The van der Waals surface area contributed by atoms with Crippen molar-refractivity contribution in [2.24, 2.45) is 0 Å². The summed E-state index contributed by atoms with van der Waals surface area (Å²) in [5.41, 5.74) is 6.43. The van der Waals surface area contributed by atoms with Crippen LogP contribution in [0.1, 0.15) is 12.5 Å².